The molecule has 0 amide bonds. The van der Waals surface area contributed by atoms with Gasteiger partial charge in [0.25, 0.3) is 0 Å². The van der Waals surface area contributed by atoms with E-state index in [1.165, 1.54) is 0 Å². The van der Waals surface area contributed by atoms with Crippen LogP contribution in [0.15, 0.2) is 60.7 Å². The molecule has 3 aromatic rings. The minimum Gasteiger partial charge on any atom is -0.481 e. The highest BCUT2D eigenvalue weighted by Crippen LogP contribution is 2.49. The number of rotatable bonds is 6. The lowest BCUT2D eigenvalue weighted by Crippen LogP contribution is -2.40. The molecule has 0 bridgehead atoms. The van der Waals surface area contributed by atoms with Crippen LogP contribution >= 0.6 is 0 Å². The second kappa shape index (κ2) is 9.78. The van der Waals surface area contributed by atoms with Crippen molar-refractivity contribution in [3.63, 3.8) is 0 Å². The Bertz CT molecular complexity index is 1260. The highest BCUT2D eigenvalue weighted by atomic mass is 16.4. The zero-order valence-electron chi connectivity index (χ0n) is 20.3. The minimum absolute atomic E-state index is 0.0287. The average molecular weight is 515 g/mol. The van der Waals surface area contributed by atoms with Gasteiger partial charge in [0.1, 0.15) is 0 Å². The normalized spacial score (nSPS) is 22.1. The van der Waals surface area contributed by atoms with E-state index < -0.39 is 47.5 Å². The number of hydrogen-bond donors (Lipinski definition) is 4. The van der Waals surface area contributed by atoms with Gasteiger partial charge in [-0.05, 0) is 70.2 Å². The Labute approximate surface area is 218 Å². The van der Waals surface area contributed by atoms with E-state index >= 15 is 0 Å². The van der Waals surface area contributed by atoms with Crippen LogP contribution in [0.1, 0.15) is 22.3 Å². The maximum atomic E-state index is 12.2. The number of carbonyl (C=O) groups is 4. The zero-order chi connectivity index (χ0) is 27.1. The number of fused-ring (bicyclic) bond motifs is 2. The van der Waals surface area contributed by atoms with Crippen LogP contribution in [0.3, 0.4) is 0 Å². The molecule has 2 aliphatic rings. The third-order valence-corrected chi connectivity index (χ3v) is 8.00. The molecular weight excluding hydrogens is 488 g/mol. The fraction of sp³-hybridized carbons (Fsp3) is 0.267. The van der Waals surface area contributed by atoms with Crippen LogP contribution in [0.4, 0.5) is 0 Å². The van der Waals surface area contributed by atoms with E-state index in [1.54, 1.807) is 0 Å². The molecule has 2 aliphatic carbocycles. The first kappa shape index (κ1) is 25.2. The molecule has 0 aromatic heterocycles. The fourth-order valence-electron chi connectivity index (χ4n) is 6.26. The largest absolute Gasteiger partial charge is 0.481 e. The summed E-state index contributed by atoms with van der Waals surface area (Å²) in [5.74, 6) is -9.43. The summed E-state index contributed by atoms with van der Waals surface area (Å²) in [5.41, 5.74) is 5.67. The third kappa shape index (κ3) is 4.22. The first-order valence-corrected chi connectivity index (χ1v) is 12.4. The van der Waals surface area contributed by atoms with Gasteiger partial charge in [0, 0.05) is 0 Å². The fourth-order valence-corrected chi connectivity index (χ4v) is 6.26. The molecule has 4 N–H and O–H groups in total. The molecule has 4 unspecified atom stereocenters. The lowest BCUT2D eigenvalue weighted by molar-refractivity contribution is -0.154. The maximum Gasteiger partial charge on any atom is 0.307 e. The first-order chi connectivity index (χ1) is 18.2. The lowest BCUT2D eigenvalue weighted by Gasteiger charge is -2.38. The zero-order valence-corrected chi connectivity index (χ0v) is 20.3. The average Bonchev–Trinajstić information content (AvgIpc) is 2.90. The summed E-state index contributed by atoms with van der Waals surface area (Å²) in [5, 5.41) is 39.9. The van der Waals surface area contributed by atoms with E-state index in [4.69, 9.17) is 0 Å². The van der Waals surface area contributed by atoms with Gasteiger partial charge in [-0.1, -0.05) is 60.7 Å². The second-order valence-corrected chi connectivity index (χ2v) is 9.99. The van der Waals surface area contributed by atoms with E-state index in [1.807, 2.05) is 60.7 Å². The summed E-state index contributed by atoms with van der Waals surface area (Å²) in [6.45, 7) is 0. The summed E-state index contributed by atoms with van der Waals surface area (Å²) >= 11 is 0. The van der Waals surface area contributed by atoms with Gasteiger partial charge in [0.15, 0.2) is 0 Å². The molecule has 8 heteroatoms. The van der Waals surface area contributed by atoms with E-state index in [0.29, 0.717) is 33.4 Å². The van der Waals surface area contributed by atoms with Crippen LogP contribution in [-0.4, -0.2) is 44.3 Å². The Morgan fingerprint density at radius 1 is 0.447 bits per heavy atom. The summed E-state index contributed by atoms with van der Waals surface area (Å²) in [6.07, 6.45) is -0.115. The number of carboxylic acids is 4. The van der Waals surface area contributed by atoms with Gasteiger partial charge in [-0.3, -0.25) is 19.2 Å². The predicted octanol–water partition coefficient (Wildman–Crippen LogP) is 4.02. The van der Waals surface area contributed by atoms with Crippen molar-refractivity contribution in [1.82, 2.24) is 0 Å². The van der Waals surface area contributed by atoms with Crippen molar-refractivity contribution in [2.75, 3.05) is 0 Å². The van der Waals surface area contributed by atoms with Crippen molar-refractivity contribution in [3.8, 4) is 22.3 Å². The number of benzene rings is 3. The predicted molar refractivity (Wildman–Crippen MR) is 137 cm³/mol. The van der Waals surface area contributed by atoms with Crippen LogP contribution in [0.2, 0.25) is 0 Å². The molecule has 0 spiro atoms. The topological polar surface area (TPSA) is 149 Å². The van der Waals surface area contributed by atoms with Crippen LogP contribution in [0.25, 0.3) is 22.3 Å². The van der Waals surface area contributed by atoms with Crippen molar-refractivity contribution >= 4 is 23.9 Å². The van der Waals surface area contributed by atoms with Gasteiger partial charge in [-0.25, -0.2) is 0 Å². The van der Waals surface area contributed by atoms with E-state index in [-0.39, 0.29) is 25.7 Å². The SMILES string of the molecule is O=C(O)C1Cc2c(c(-c3ccccc3)c3c(c2-c2ccccc2)CC(C(=O)O)C(C(=O)O)C3)CC1C(=O)O. The number of hydrogen-bond acceptors (Lipinski definition) is 4. The van der Waals surface area contributed by atoms with E-state index in [2.05, 4.69) is 0 Å². The van der Waals surface area contributed by atoms with Crippen molar-refractivity contribution in [2.24, 2.45) is 23.7 Å². The summed E-state index contributed by atoms with van der Waals surface area (Å²) in [7, 11) is 0. The first-order valence-electron chi connectivity index (χ1n) is 12.4. The Morgan fingerprint density at radius 2 is 0.684 bits per heavy atom. The summed E-state index contributed by atoms with van der Waals surface area (Å²) < 4.78 is 0. The molecule has 4 atom stereocenters. The Hall–Kier alpha value is -4.46. The molecule has 0 saturated heterocycles. The lowest BCUT2D eigenvalue weighted by atomic mass is 9.65. The van der Waals surface area contributed by atoms with E-state index in [0.717, 1.165) is 11.1 Å². The molecule has 8 nitrogen and oxygen atoms in total. The maximum absolute atomic E-state index is 12.2. The number of carboxylic acid groups (broad SMARTS) is 4. The van der Waals surface area contributed by atoms with E-state index in [9.17, 15) is 39.6 Å². The number of aliphatic carboxylic acids is 4. The highest BCUT2D eigenvalue weighted by molar-refractivity contribution is 5.90. The molecule has 5 rings (SSSR count). The standard InChI is InChI=1S/C30H26O8/c31-27(32)21-11-17-19(13-23(21)29(35)36)26(16-9-5-2-6-10-16)20-14-24(30(37)38)22(28(33)34)12-18(20)25(17)15-7-3-1-4-8-15/h1-10,21-24H,11-14H2,(H,31,32)(H,33,34)(H,35,36)(H,37,38). The quantitative estimate of drug-likeness (QED) is 0.385. The van der Waals surface area contributed by atoms with Crippen LogP contribution < -0.4 is 0 Å². The molecule has 0 saturated carbocycles. The highest BCUT2D eigenvalue weighted by Gasteiger charge is 2.45. The van der Waals surface area contributed by atoms with Crippen LogP contribution in [-0.2, 0) is 44.9 Å². The minimum atomic E-state index is -1.20. The van der Waals surface area contributed by atoms with Gasteiger partial charge in [-0.2, -0.15) is 0 Å². The Kier molecular flexibility index (Phi) is 6.48. The van der Waals surface area contributed by atoms with Crippen molar-refractivity contribution in [2.45, 2.75) is 25.7 Å². The van der Waals surface area contributed by atoms with Gasteiger partial charge in [0.05, 0.1) is 23.7 Å². The van der Waals surface area contributed by atoms with Gasteiger partial charge < -0.3 is 20.4 Å². The van der Waals surface area contributed by atoms with Crippen molar-refractivity contribution < 1.29 is 39.6 Å². The smallest absolute Gasteiger partial charge is 0.307 e. The van der Waals surface area contributed by atoms with Crippen molar-refractivity contribution in [3.05, 3.63) is 82.9 Å². The summed E-state index contributed by atoms with van der Waals surface area (Å²) in [6, 6.07) is 18.4. The molecule has 194 valence electrons. The van der Waals surface area contributed by atoms with Crippen LogP contribution in [0.5, 0.6) is 0 Å². The molecular formula is C30H26O8. The molecule has 0 heterocycles. The molecule has 0 radical (unpaired) electrons. The summed E-state index contributed by atoms with van der Waals surface area (Å²) in [4.78, 5) is 48.9. The molecule has 0 fully saturated rings. The monoisotopic (exact) mass is 514 g/mol. The Balaban J connectivity index is 1.90. The van der Waals surface area contributed by atoms with Gasteiger partial charge >= 0.3 is 23.9 Å². The molecule has 0 aliphatic heterocycles. The van der Waals surface area contributed by atoms with Crippen molar-refractivity contribution in [1.29, 1.82) is 0 Å². The third-order valence-electron chi connectivity index (χ3n) is 8.00. The van der Waals surface area contributed by atoms with Gasteiger partial charge in [0.2, 0.25) is 0 Å². The van der Waals surface area contributed by atoms with Gasteiger partial charge in [-0.15, -0.1) is 0 Å². The second-order valence-electron chi connectivity index (χ2n) is 9.99. The Morgan fingerprint density at radius 3 is 0.895 bits per heavy atom. The molecule has 3 aromatic carbocycles. The molecule has 38 heavy (non-hydrogen) atoms. The van der Waals surface area contributed by atoms with Crippen LogP contribution in [0, 0.1) is 23.7 Å².